The highest BCUT2D eigenvalue weighted by molar-refractivity contribution is 7.99. The summed E-state index contributed by atoms with van der Waals surface area (Å²) in [5.74, 6) is 0.799. The summed E-state index contributed by atoms with van der Waals surface area (Å²) in [5, 5.41) is 9.11. The first kappa shape index (κ1) is 23.9. The van der Waals surface area contributed by atoms with Gasteiger partial charge in [0.25, 0.3) is 0 Å². The number of halogens is 3. The SMILES string of the molecule is FC(F)(F)c1ccc2c(SCCCOCCn3cc(CN4CCOCC4)nn3)ccnc2c1. The van der Waals surface area contributed by atoms with Crippen LogP contribution in [-0.4, -0.2) is 70.1 Å². The molecule has 4 rings (SSSR count). The molecule has 3 heterocycles. The Bertz CT molecular complexity index is 1040. The molecule has 0 N–H and O–H groups in total. The second kappa shape index (κ2) is 11.3. The molecular formula is C22H26F3N5O2S. The Labute approximate surface area is 194 Å². The van der Waals surface area contributed by atoms with Crippen molar-refractivity contribution in [2.24, 2.45) is 0 Å². The quantitative estimate of drug-likeness (QED) is 0.322. The zero-order chi connectivity index (χ0) is 23.1. The van der Waals surface area contributed by atoms with Gasteiger partial charge >= 0.3 is 6.18 Å². The summed E-state index contributed by atoms with van der Waals surface area (Å²) in [4.78, 5) is 7.31. The molecule has 178 valence electrons. The number of hydrogen-bond acceptors (Lipinski definition) is 7. The highest BCUT2D eigenvalue weighted by Gasteiger charge is 2.30. The molecule has 0 radical (unpaired) electrons. The van der Waals surface area contributed by atoms with Gasteiger partial charge in [-0.2, -0.15) is 13.2 Å². The lowest BCUT2D eigenvalue weighted by atomic mass is 10.1. The molecule has 1 saturated heterocycles. The highest BCUT2D eigenvalue weighted by atomic mass is 32.2. The van der Waals surface area contributed by atoms with E-state index in [2.05, 4.69) is 20.2 Å². The maximum Gasteiger partial charge on any atom is 0.416 e. The zero-order valence-electron chi connectivity index (χ0n) is 18.1. The van der Waals surface area contributed by atoms with Crippen molar-refractivity contribution in [3.8, 4) is 0 Å². The number of thioether (sulfide) groups is 1. The fraction of sp³-hybridized carbons (Fsp3) is 0.500. The number of ether oxygens (including phenoxy) is 2. The standard InChI is InChI=1S/C22H26F3N5O2S/c23-22(24,25)17-2-3-19-20(14-17)26-5-4-21(19)33-13-1-9-31-12-8-30-16-18(27-28-30)15-29-6-10-32-11-7-29/h2-5,14,16H,1,6-13,15H2. The minimum atomic E-state index is -4.37. The number of benzene rings is 1. The maximum absolute atomic E-state index is 12.9. The van der Waals surface area contributed by atoms with Crippen LogP contribution in [0.5, 0.6) is 0 Å². The minimum absolute atomic E-state index is 0.354. The molecule has 1 fully saturated rings. The number of alkyl halides is 3. The van der Waals surface area contributed by atoms with Gasteiger partial charge in [0.2, 0.25) is 0 Å². The molecule has 0 atom stereocenters. The molecule has 0 amide bonds. The Morgan fingerprint density at radius 1 is 1.12 bits per heavy atom. The van der Waals surface area contributed by atoms with Crippen LogP contribution in [0.2, 0.25) is 0 Å². The molecule has 7 nitrogen and oxygen atoms in total. The van der Waals surface area contributed by atoms with Crippen LogP contribution >= 0.6 is 11.8 Å². The lowest BCUT2D eigenvalue weighted by Crippen LogP contribution is -2.35. The van der Waals surface area contributed by atoms with Gasteiger partial charge in [-0.05, 0) is 24.6 Å². The third-order valence-electron chi connectivity index (χ3n) is 5.26. The smallest absolute Gasteiger partial charge is 0.379 e. The second-order valence-corrected chi connectivity index (χ2v) is 8.85. The first-order chi connectivity index (χ1) is 16.0. The van der Waals surface area contributed by atoms with Crippen molar-refractivity contribution in [3.05, 3.63) is 47.9 Å². The molecular weight excluding hydrogens is 455 g/mol. The summed E-state index contributed by atoms with van der Waals surface area (Å²) in [5.41, 5.74) is 0.616. The van der Waals surface area contributed by atoms with Crippen LogP contribution in [0, 0.1) is 0 Å². The van der Waals surface area contributed by atoms with E-state index in [1.54, 1.807) is 22.6 Å². The van der Waals surface area contributed by atoms with E-state index in [4.69, 9.17) is 9.47 Å². The predicted molar refractivity (Wildman–Crippen MR) is 119 cm³/mol. The van der Waals surface area contributed by atoms with Crippen molar-refractivity contribution in [1.82, 2.24) is 24.9 Å². The van der Waals surface area contributed by atoms with Crippen LogP contribution in [0.1, 0.15) is 17.7 Å². The fourth-order valence-corrected chi connectivity index (χ4v) is 4.50. The molecule has 3 aromatic rings. The molecule has 0 saturated carbocycles. The number of pyridine rings is 1. The molecule has 2 aromatic heterocycles. The minimum Gasteiger partial charge on any atom is -0.379 e. The molecule has 0 spiro atoms. The molecule has 1 aliphatic heterocycles. The van der Waals surface area contributed by atoms with Crippen LogP contribution in [0.25, 0.3) is 10.9 Å². The second-order valence-electron chi connectivity index (χ2n) is 7.71. The van der Waals surface area contributed by atoms with E-state index in [0.717, 1.165) is 73.1 Å². The van der Waals surface area contributed by atoms with Crippen molar-refractivity contribution >= 4 is 22.7 Å². The van der Waals surface area contributed by atoms with Crippen LogP contribution < -0.4 is 0 Å². The molecule has 0 unspecified atom stereocenters. The van der Waals surface area contributed by atoms with E-state index in [-0.39, 0.29) is 0 Å². The summed E-state index contributed by atoms with van der Waals surface area (Å²) in [6.45, 7) is 5.92. The molecule has 1 aromatic carbocycles. The van der Waals surface area contributed by atoms with Crippen molar-refractivity contribution in [1.29, 1.82) is 0 Å². The first-order valence-corrected chi connectivity index (χ1v) is 11.8. The van der Waals surface area contributed by atoms with Gasteiger partial charge in [-0.1, -0.05) is 11.3 Å². The van der Waals surface area contributed by atoms with Gasteiger partial charge in [0.1, 0.15) is 0 Å². The van der Waals surface area contributed by atoms with Crippen molar-refractivity contribution < 1.29 is 22.6 Å². The van der Waals surface area contributed by atoms with Crippen LogP contribution in [-0.2, 0) is 28.7 Å². The van der Waals surface area contributed by atoms with E-state index in [1.165, 1.54) is 6.07 Å². The topological polar surface area (TPSA) is 65.3 Å². The van der Waals surface area contributed by atoms with E-state index < -0.39 is 11.7 Å². The van der Waals surface area contributed by atoms with Crippen molar-refractivity contribution in [2.75, 3.05) is 45.3 Å². The number of aromatic nitrogens is 4. The van der Waals surface area contributed by atoms with Crippen LogP contribution in [0.3, 0.4) is 0 Å². The Hall–Kier alpha value is -2.21. The lowest BCUT2D eigenvalue weighted by molar-refractivity contribution is -0.137. The summed E-state index contributed by atoms with van der Waals surface area (Å²) < 4.78 is 51.6. The van der Waals surface area contributed by atoms with Crippen LogP contribution in [0.15, 0.2) is 41.6 Å². The number of rotatable bonds is 10. The number of morpholine rings is 1. The van der Waals surface area contributed by atoms with Crippen LogP contribution in [0.4, 0.5) is 13.2 Å². The van der Waals surface area contributed by atoms with Gasteiger partial charge < -0.3 is 9.47 Å². The van der Waals surface area contributed by atoms with Gasteiger partial charge in [-0.15, -0.1) is 16.9 Å². The highest BCUT2D eigenvalue weighted by Crippen LogP contribution is 2.33. The van der Waals surface area contributed by atoms with Gasteiger partial charge in [-0.3, -0.25) is 9.88 Å². The van der Waals surface area contributed by atoms with E-state index in [0.29, 0.717) is 25.3 Å². The Morgan fingerprint density at radius 3 is 2.79 bits per heavy atom. The maximum atomic E-state index is 12.9. The van der Waals surface area contributed by atoms with Gasteiger partial charge in [-0.25, -0.2) is 4.68 Å². The molecule has 0 bridgehead atoms. The number of hydrogen-bond donors (Lipinski definition) is 0. The summed E-state index contributed by atoms with van der Waals surface area (Å²) in [7, 11) is 0. The number of nitrogens with zero attached hydrogens (tertiary/aromatic N) is 5. The largest absolute Gasteiger partial charge is 0.416 e. The molecule has 1 aliphatic rings. The van der Waals surface area contributed by atoms with Gasteiger partial charge in [0.05, 0.1) is 43.1 Å². The monoisotopic (exact) mass is 481 g/mol. The molecule has 0 aliphatic carbocycles. The summed E-state index contributed by atoms with van der Waals surface area (Å²) in [6, 6.07) is 5.53. The van der Waals surface area contributed by atoms with E-state index >= 15 is 0 Å². The normalized spacial score (nSPS) is 15.4. The first-order valence-electron chi connectivity index (χ1n) is 10.8. The van der Waals surface area contributed by atoms with Gasteiger partial charge in [0, 0.05) is 54.7 Å². The van der Waals surface area contributed by atoms with Crippen molar-refractivity contribution in [2.45, 2.75) is 30.6 Å². The Morgan fingerprint density at radius 2 is 1.97 bits per heavy atom. The third-order valence-corrected chi connectivity index (χ3v) is 6.42. The predicted octanol–water partition coefficient (Wildman–Crippen LogP) is 3.88. The average molecular weight is 482 g/mol. The summed E-state index contributed by atoms with van der Waals surface area (Å²) >= 11 is 1.60. The van der Waals surface area contributed by atoms with E-state index in [9.17, 15) is 13.2 Å². The molecule has 33 heavy (non-hydrogen) atoms. The third kappa shape index (κ3) is 6.89. The fourth-order valence-electron chi connectivity index (χ4n) is 3.54. The average Bonchev–Trinajstić information content (AvgIpc) is 3.25. The lowest BCUT2D eigenvalue weighted by Gasteiger charge is -2.25. The van der Waals surface area contributed by atoms with Crippen molar-refractivity contribution in [3.63, 3.8) is 0 Å². The summed E-state index contributed by atoms with van der Waals surface area (Å²) in [6.07, 6.45) is -0.0398. The Kier molecular flexibility index (Phi) is 8.18. The van der Waals surface area contributed by atoms with E-state index in [1.807, 2.05) is 12.3 Å². The number of fused-ring (bicyclic) bond motifs is 1. The Balaban J connectivity index is 1.15. The zero-order valence-corrected chi connectivity index (χ0v) is 18.9. The van der Waals surface area contributed by atoms with Gasteiger partial charge in [0.15, 0.2) is 0 Å². The molecule has 11 heteroatoms.